The molecule has 1 aliphatic carbocycles. The summed E-state index contributed by atoms with van der Waals surface area (Å²) in [5.41, 5.74) is 2.85. The predicted octanol–water partition coefficient (Wildman–Crippen LogP) is 4.01. The molecule has 0 radical (unpaired) electrons. The van der Waals surface area contributed by atoms with Crippen molar-refractivity contribution in [1.82, 2.24) is 9.97 Å². The van der Waals surface area contributed by atoms with E-state index in [9.17, 15) is 0 Å². The molecule has 0 fully saturated rings. The maximum Gasteiger partial charge on any atom is 0.232 e. The number of ether oxygens (including phenoxy) is 1. The van der Waals surface area contributed by atoms with Crippen molar-refractivity contribution in [3.63, 3.8) is 0 Å². The first kappa shape index (κ1) is 12.6. The Morgan fingerprint density at radius 2 is 2.05 bits per heavy atom. The molecule has 0 unspecified atom stereocenters. The summed E-state index contributed by atoms with van der Waals surface area (Å²) < 4.78 is 6.03. The number of thiophene rings is 1. The minimum absolute atomic E-state index is 0.584. The van der Waals surface area contributed by atoms with E-state index < -0.39 is 0 Å². The molecule has 4 nitrogen and oxygen atoms in total. The van der Waals surface area contributed by atoms with Crippen LogP contribution < -0.4 is 10.1 Å². The van der Waals surface area contributed by atoms with Gasteiger partial charge in [0.05, 0.1) is 5.39 Å². The van der Waals surface area contributed by atoms with Gasteiger partial charge in [-0.05, 0) is 54.0 Å². The fourth-order valence-electron chi connectivity index (χ4n) is 2.74. The van der Waals surface area contributed by atoms with Crippen LogP contribution in [0, 0.1) is 0 Å². The van der Waals surface area contributed by atoms with E-state index in [0.29, 0.717) is 11.8 Å². The van der Waals surface area contributed by atoms with Gasteiger partial charge in [-0.25, -0.2) is 4.98 Å². The number of hydrogen-bond donors (Lipinski definition) is 1. The molecule has 1 N–H and O–H groups in total. The maximum absolute atomic E-state index is 6.03. The number of nitrogens with zero attached hydrogens (tertiary/aromatic N) is 2. The Bertz CT molecular complexity index is 812. The van der Waals surface area contributed by atoms with Crippen LogP contribution in [0.25, 0.3) is 10.2 Å². The third-order valence-corrected chi connectivity index (χ3v) is 4.60. The molecular weight excluding hydrogens is 282 g/mol. The van der Waals surface area contributed by atoms with Gasteiger partial charge in [0.2, 0.25) is 11.8 Å². The van der Waals surface area contributed by atoms with E-state index in [1.807, 2.05) is 24.6 Å². The van der Waals surface area contributed by atoms with Crippen LogP contribution in [0.5, 0.6) is 11.6 Å². The summed E-state index contributed by atoms with van der Waals surface area (Å²) in [6.45, 7) is 0. The van der Waals surface area contributed by atoms with E-state index in [1.165, 1.54) is 24.0 Å². The third-order valence-electron chi connectivity index (χ3n) is 3.80. The fourth-order valence-corrected chi connectivity index (χ4v) is 3.50. The van der Waals surface area contributed by atoms with Crippen molar-refractivity contribution in [2.45, 2.75) is 19.3 Å². The second kappa shape index (κ2) is 5.00. The number of hydrogen-bond acceptors (Lipinski definition) is 5. The van der Waals surface area contributed by atoms with Gasteiger partial charge in [-0.2, -0.15) is 4.98 Å². The number of anilines is 1. The van der Waals surface area contributed by atoms with E-state index in [1.54, 1.807) is 11.3 Å². The number of nitrogens with one attached hydrogen (secondary N) is 1. The molecule has 0 spiro atoms. The van der Waals surface area contributed by atoms with Crippen molar-refractivity contribution >= 4 is 27.5 Å². The molecular formula is C16H15N3OS. The number of rotatable bonds is 3. The molecule has 1 aliphatic rings. The Labute approximate surface area is 126 Å². The summed E-state index contributed by atoms with van der Waals surface area (Å²) in [5, 5.41) is 5.95. The molecule has 2 heterocycles. The van der Waals surface area contributed by atoms with Crippen LogP contribution >= 0.6 is 11.3 Å². The van der Waals surface area contributed by atoms with Crippen molar-refractivity contribution in [2.24, 2.45) is 0 Å². The summed E-state index contributed by atoms with van der Waals surface area (Å²) in [6, 6.07) is 8.34. The van der Waals surface area contributed by atoms with E-state index in [4.69, 9.17) is 4.74 Å². The van der Waals surface area contributed by atoms with Gasteiger partial charge in [0, 0.05) is 7.05 Å². The standard InChI is InChI=1S/C16H15N3OS/c1-17-16-18-14(13-7-8-21-15(13)19-16)20-12-6-5-10-3-2-4-11(10)9-12/h5-9H,2-4H2,1H3,(H,17,18,19). The van der Waals surface area contributed by atoms with E-state index in [-0.39, 0.29) is 0 Å². The largest absolute Gasteiger partial charge is 0.438 e. The van der Waals surface area contributed by atoms with Crippen LogP contribution in [-0.2, 0) is 12.8 Å². The zero-order chi connectivity index (χ0) is 14.2. The number of fused-ring (bicyclic) bond motifs is 2. The summed E-state index contributed by atoms with van der Waals surface area (Å²) in [4.78, 5) is 9.81. The molecule has 1 aromatic carbocycles. The fraction of sp³-hybridized carbons (Fsp3) is 0.250. The highest BCUT2D eigenvalue weighted by Gasteiger charge is 2.14. The Morgan fingerprint density at radius 3 is 2.95 bits per heavy atom. The topological polar surface area (TPSA) is 47.0 Å². The first-order valence-electron chi connectivity index (χ1n) is 7.06. The van der Waals surface area contributed by atoms with Gasteiger partial charge in [0.1, 0.15) is 10.6 Å². The minimum Gasteiger partial charge on any atom is -0.438 e. The molecule has 2 aromatic heterocycles. The van der Waals surface area contributed by atoms with E-state index >= 15 is 0 Å². The molecule has 0 saturated heterocycles. The summed E-state index contributed by atoms with van der Waals surface area (Å²) in [5.74, 6) is 2.05. The van der Waals surface area contributed by atoms with Crippen molar-refractivity contribution in [3.8, 4) is 11.6 Å². The highest BCUT2D eigenvalue weighted by Crippen LogP contribution is 2.33. The quantitative estimate of drug-likeness (QED) is 0.793. The lowest BCUT2D eigenvalue weighted by Gasteiger charge is -2.09. The molecule has 4 rings (SSSR count). The lowest BCUT2D eigenvalue weighted by Crippen LogP contribution is -1.98. The van der Waals surface area contributed by atoms with Crippen LogP contribution in [0.2, 0.25) is 0 Å². The molecule has 106 valence electrons. The Balaban J connectivity index is 1.75. The lowest BCUT2D eigenvalue weighted by atomic mass is 10.1. The van der Waals surface area contributed by atoms with Gasteiger partial charge in [-0.3, -0.25) is 0 Å². The predicted molar refractivity (Wildman–Crippen MR) is 85.5 cm³/mol. The smallest absolute Gasteiger partial charge is 0.232 e. The first-order valence-corrected chi connectivity index (χ1v) is 7.94. The average molecular weight is 297 g/mol. The van der Waals surface area contributed by atoms with Gasteiger partial charge in [-0.15, -0.1) is 11.3 Å². The number of aromatic nitrogens is 2. The first-order chi connectivity index (χ1) is 10.3. The van der Waals surface area contributed by atoms with Crippen LogP contribution in [-0.4, -0.2) is 17.0 Å². The molecule has 0 bridgehead atoms. The van der Waals surface area contributed by atoms with Gasteiger partial charge >= 0.3 is 0 Å². The van der Waals surface area contributed by atoms with E-state index in [0.717, 1.165) is 22.4 Å². The lowest BCUT2D eigenvalue weighted by molar-refractivity contribution is 0.468. The summed E-state index contributed by atoms with van der Waals surface area (Å²) in [6.07, 6.45) is 3.57. The van der Waals surface area contributed by atoms with Crippen molar-refractivity contribution in [1.29, 1.82) is 0 Å². The molecule has 21 heavy (non-hydrogen) atoms. The SMILES string of the molecule is CNc1nc(Oc2ccc3c(c2)CCC3)c2ccsc2n1. The Morgan fingerprint density at radius 1 is 1.14 bits per heavy atom. The Hall–Kier alpha value is -2.14. The van der Waals surface area contributed by atoms with Crippen molar-refractivity contribution < 1.29 is 4.74 Å². The van der Waals surface area contributed by atoms with Gasteiger partial charge in [-0.1, -0.05) is 6.07 Å². The zero-order valence-electron chi connectivity index (χ0n) is 11.7. The van der Waals surface area contributed by atoms with Gasteiger partial charge in [0.25, 0.3) is 0 Å². The zero-order valence-corrected chi connectivity index (χ0v) is 12.5. The number of benzene rings is 1. The minimum atomic E-state index is 0.584. The van der Waals surface area contributed by atoms with Gasteiger partial charge in [0.15, 0.2) is 0 Å². The van der Waals surface area contributed by atoms with Crippen LogP contribution in [0.3, 0.4) is 0 Å². The normalized spacial score (nSPS) is 13.4. The highest BCUT2D eigenvalue weighted by molar-refractivity contribution is 7.16. The van der Waals surface area contributed by atoms with Gasteiger partial charge < -0.3 is 10.1 Å². The number of aryl methyl sites for hydroxylation is 2. The maximum atomic E-state index is 6.03. The van der Waals surface area contributed by atoms with E-state index in [2.05, 4.69) is 27.4 Å². The third kappa shape index (κ3) is 2.23. The summed E-state index contributed by atoms with van der Waals surface area (Å²) in [7, 11) is 1.81. The molecule has 5 heteroatoms. The molecule has 0 atom stereocenters. The van der Waals surface area contributed by atoms with Crippen molar-refractivity contribution in [3.05, 3.63) is 40.8 Å². The average Bonchev–Trinajstić information content (AvgIpc) is 3.14. The van der Waals surface area contributed by atoms with Crippen molar-refractivity contribution in [2.75, 3.05) is 12.4 Å². The van der Waals surface area contributed by atoms with Crippen LogP contribution in [0.15, 0.2) is 29.6 Å². The molecule has 0 amide bonds. The Kier molecular flexibility index (Phi) is 3.00. The molecule has 0 aliphatic heterocycles. The monoisotopic (exact) mass is 297 g/mol. The second-order valence-electron chi connectivity index (χ2n) is 5.13. The summed E-state index contributed by atoms with van der Waals surface area (Å²) >= 11 is 1.59. The van der Waals surface area contributed by atoms with Crippen LogP contribution in [0.4, 0.5) is 5.95 Å². The molecule has 0 saturated carbocycles. The second-order valence-corrected chi connectivity index (χ2v) is 6.02. The highest BCUT2D eigenvalue weighted by atomic mass is 32.1. The van der Waals surface area contributed by atoms with Crippen LogP contribution in [0.1, 0.15) is 17.5 Å². The molecule has 3 aromatic rings.